The van der Waals surface area contributed by atoms with Crippen LogP contribution in [0.4, 0.5) is 0 Å². The van der Waals surface area contributed by atoms with Crippen molar-refractivity contribution in [3.8, 4) is 23.0 Å². The zero-order valence-electron chi connectivity index (χ0n) is 22.1. The van der Waals surface area contributed by atoms with Gasteiger partial charge in [-0.2, -0.15) is 0 Å². The van der Waals surface area contributed by atoms with E-state index in [0.29, 0.717) is 28.6 Å². The van der Waals surface area contributed by atoms with Gasteiger partial charge in [0.1, 0.15) is 28.8 Å². The number of ketones is 1. The van der Waals surface area contributed by atoms with Gasteiger partial charge in [-0.05, 0) is 67.4 Å². The molecule has 1 saturated heterocycles. The van der Waals surface area contributed by atoms with Crippen LogP contribution in [0.2, 0.25) is 0 Å². The lowest BCUT2D eigenvalue weighted by Crippen LogP contribution is -2.29. The van der Waals surface area contributed by atoms with Crippen LogP contribution in [0, 0.1) is 0 Å². The van der Waals surface area contributed by atoms with Gasteiger partial charge in [0.15, 0.2) is 0 Å². The molecule has 38 heavy (non-hydrogen) atoms. The Hall–Kier alpha value is -4.46. The molecule has 0 saturated carbocycles. The number of methoxy groups -OCH3 is 3. The van der Waals surface area contributed by atoms with E-state index in [1.54, 1.807) is 61.7 Å². The second-order valence-electron chi connectivity index (χ2n) is 9.08. The molecule has 0 bridgehead atoms. The van der Waals surface area contributed by atoms with Gasteiger partial charge in [0.25, 0.3) is 11.7 Å². The molecule has 198 valence electrons. The summed E-state index contributed by atoms with van der Waals surface area (Å²) >= 11 is 0. The third-order valence-corrected chi connectivity index (χ3v) is 6.26. The molecule has 1 aliphatic heterocycles. The Kier molecular flexibility index (Phi) is 7.90. The van der Waals surface area contributed by atoms with Gasteiger partial charge in [-0.25, -0.2) is 0 Å². The summed E-state index contributed by atoms with van der Waals surface area (Å²) in [7, 11) is 4.53. The van der Waals surface area contributed by atoms with Crippen molar-refractivity contribution >= 4 is 17.4 Å². The number of rotatable bonds is 9. The van der Waals surface area contributed by atoms with Gasteiger partial charge in [0.05, 0.1) is 44.6 Å². The van der Waals surface area contributed by atoms with Crippen molar-refractivity contribution in [3.63, 3.8) is 0 Å². The fourth-order valence-corrected chi connectivity index (χ4v) is 4.50. The third kappa shape index (κ3) is 5.29. The van der Waals surface area contributed by atoms with E-state index in [9.17, 15) is 14.7 Å². The first-order valence-electron chi connectivity index (χ1n) is 12.2. The minimum atomic E-state index is -0.856. The second-order valence-corrected chi connectivity index (χ2v) is 9.08. The highest BCUT2D eigenvalue weighted by atomic mass is 16.5. The van der Waals surface area contributed by atoms with E-state index < -0.39 is 17.7 Å². The van der Waals surface area contributed by atoms with Crippen LogP contribution >= 0.6 is 0 Å². The Labute approximate surface area is 222 Å². The van der Waals surface area contributed by atoms with Crippen LogP contribution in [-0.2, 0) is 16.1 Å². The SMILES string of the molecule is COc1cccc(CN2C(=O)C(=O)/C(=C(/O)c3cc(OC)ccc3OC)C2c2ccc(OC(C)C)cc2)c1. The lowest BCUT2D eigenvalue weighted by molar-refractivity contribution is -0.140. The molecule has 1 aliphatic rings. The Bertz CT molecular complexity index is 1360. The van der Waals surface area contributed by atoms with Gasteiger partial charge in [0, 0.05) is 6.54 Å². The van der Waals surface area contributed by atoms with E-state index in [4.69, 9.17) is 18.9 Å². The molecule has 8 heteroatoms. The Balaban J connectivity index is 1.87. The normalized spacial score (nSPS) is 16.6. The molecule has 1 fully saturated rings. The van der Waals surface area contributed by atoms with Crippen molar-refractivity contribution in [2.24, 2.45) is 0 Å². The summed E-state index contributed by atoms with van der Waals surface area (Å²) in [5.74, 6) is 0.229. The highest BCUT2D eigenvalue weighted by Crippen LogP contribution is 2.42. The van der Waals surface area contributed by atoms with Gasteiger partial charge in [-0.15, -0.1) is 0 Å². The minimum absolute atomic E-state index is 0.0138. The van der Waals surface area contributed by atoms with E-state index in [0.717, 1.165) is 5.56 Å². The van der Waals surface area contributed by atoms with Crippen molar-refractivity contribution in [2.45, 2.75) is 32.5 Å². The lowest BCUT2D eigenvalue weighted by atomic mass is 9.94. The smallest absolute Gasteiger partial charge is 0.295 e. The summed E-state index contributed by atoms with van der Waals surface area (Å²) in [6.07, 6.45) is -0.0138. The number of nitrogens with zero attached hydrogens (tertiary/aromatic N) is 1. The molecule has 1 amide bonds. The van der Waals surface area contributed by atoms with Crippen LogP contribution in [0.3, 0.4) is 0 Å². The maximum atomic E-state index is 13.5. The number of carbonyl (C=O) groups is 2. The molecule has 8 nitrogen and oxygen atoms in total. The predicted molar refractivity (Wildman–Crippen MR) is 143 cm³/mol. The number of amides is 1. The van der Waals surface area contributed by atoms with Gasteiger partial charge in [-0.1, -0.05) is 24.3 Å². The van der Waals surface area contributed by atoms with Crippen molar-refractivity contribution in [2.75, 3.05) is 21.3 Å². The number of benzene rings is 3. The standard InChI is InChI=1S/C30H31NO7/c1-18(2)38-21-11-9-20(10-12-21)27-26(28(32)24-16-23(36-4)13-14-25(24)37-5)29(33)30(34)31(27)17-19-7-6-8-22(15-19)35-3/h6-16,18,27,32H,17H2,1-5H3/b28-26+. The maximum absolute atomic E-state index is 13.5. The monoisotopic (exact) mass is 517 g/mol. The molecule has 1 heterocycles. The first kappa shape index (κ1) is 26.6. The van der Waals surface area contributed by atoms with Crippen molar-refractivity contribution in [1.82, 2.24) is 4.90 Å². The number of aliphatic hydroxyl groups excluding tert-OH is 1. The van der Waals surface area contributed by atoms with Gasteiger partial charge in [0.2, 0.25) is 0 Å². The quantitative estimate of drug-likeness (QED) is 0.239. The van der Waals surface area contributed by atoms with E-state index in [2.05, 4.69) is 0 Å². The third-order valence-electron chi connectivity index (χ3n) is 6.26. The lowest BCUT2D eigenvalue weighted by Gasteiger charge is -2.26. The van der Waals surface area contributed by atoms with Crippen molar-refractivity contribution < 1.29 is 33.6 Å². The first-order chi connectivity index (χ1) is 18.3. The average molecular weight is 518 g/mol. The molecule has 0 aromatic heterocycles. The molecule has 3 aromatic rings. The average Bonchev–Trinajstić information content (AvgIpc) is 3.17. The number of carbonyl (C=O) groups excluding carboxylic acids is 2. The predicted octanol–water partition coefficient (Wildman–Crippen LogP) is 5.12. The highest BCUT2D eigenvalue weighted by Gasteiger charge is 2.46. The van der Waals surface area contributed by atoms with Crippen LogP contribution in [-0.4, -0.2) is 49.1 Å². The Morgan fingerprint density at radius 1 is 0.868 bits per heavy atom. The van der Waals surface area contributed by atoms with Crippen molar-refractivity contribution in [3.05, 3.63) is 89.0 Å². The topological polar surface area (TPSA) is 94.5 Å². The molecule has 3 aromatic carbocycles. The van der Waals surface area contributed by atoms with Crippen LogP contribution in [0.1, 0.15) is 36.6 Å². The maximum Gasteiger partial charge on any atom is 0.295 e. The van der Waals surface area contributed by atoms with Crippen molar-refractivity contribution in [1.29, 1.82) is 0 Å². The van der Waals surface area contributed by atoms with E-state index in [1.165, 1.54) is 19.1 Å². The molecule has 4 rings (SSSR count). The number of aliphatic hydroxyl groups is 1. The number of hydrogen-bond acceptors (Lipinski definition) is 7. The molecular formula is C30H31NO7. The van der Waals surface area contributed by atoms with Crippen LogP contribution in [0.25, 0.3) is 5.76 Å². The Morgan fingerprint density at radius 2 is 1.53 bits per heavy atom. The molecule has 1 N–H and O–H groups in total. The van der Waals surface area contributed by atoms with E-state index in [-0.39, 0.29) is 29.5 Å². The number of Topliss-reactive ketones (excluding diaryl/α,β-unsaturated/α-hetero) is 1. The molecular weight excluding hydrogens is 486 g/mol. The summed E-state index contributed by atoms with van der Waals surface area (Å²) in [4.78, 5) is 28.3. The summed E-state index contributed by atoms with van der Waals surface area (Å²) in [6.45, 7) is 3.99. The van der Waals surface area contributed by atoms with Gasteiger partial charge < -0.3 is 29.0 Å². The molecule has 0 spiro atoms. The summed E-state index contributed by atoms with van der Waals surface area (Å²) in [6, 6.07) is 18.5. The number of hydrogen-bond donors (Lipinski definition) is 1. The highest BCUT2D eigenvalue weighted by molar-refractivity contribution is 6.46. The molecule has 0 radical (unpaired) electrons. The van der Waals surface area contributed by atoms with Crippen LogP contribution in [0.5, 0.6) is 23.0 Å². The first-order valence-corrected chi connectivity index (χ1v) is 12.2. The van der Waals surface area contributed by atoms with E-state index >= 15 is 0 Å². The molecule has 1 atom stereocenters. The second kappa shape index (κ2) is 11.3. The van der Waals surface area contributed by atoms with Gasteiger partial charge in [-0.3, -0.25) is 9.59 Å². The van der Waals surface area contributed by atoms with Crippen LogP contribution < -0.4 is 18.9 Å². The van der Waals surface area contributed by atoms with Crippen LogP contribution in [0.15, 0.2) is 72.3 Å². The zero-order chi connectivity index (χ0) is 27.4. The summed E-state index contributed by atoms with van der Waals surface area (Å²) < 4.78 is 21.9. The van der Waals surface area contributed by atoms with E-state index in [1.807, 2.05) is 26.0 Å². The fourth-order valence-electron chi connectivity index (χ4n) is 4.50. The number of likely N-dealkylation sites (tertiary alicyclic amines) is 1. The zero-order valence-corrected chi connectivity index (χ0v) is 22.1. The summed E-state index contributed by atoms with van der Waals surface area (Å²) in [5.41, 5.74) is 1.62. The minimum Gasteiger partial charge on any atom is -0.507 e. The summed E-state index contributed by atoms with van der Waals surface area (Å²) in [5, 5.41) is 11.5. The fraction of sp³-hybridized carbons (Fsp3) is 0.267. The largest absolute Gasteiger partial charge is 0.507 e. The Morgan fingerprint density at radius 3 is 2.16 bits per heavy atom. The molecule has 1 unspecified atom stereocenters. The number of ether oxygens (including phenoxy) is 4. The van der Waals surface area contributed by atoms with Gasteiger partial charge >= 0.3 is 0 Å². The molecule has 0 aliphatic carbocycles.